The molecule has 0 aromatic carbocycles. The number of halogens is 4. The minimum atomic E-state index is -4.15. The number of nitrogens with zero attached hydrogens (tertiary/aromatic N) is 2. The normalized spacial score (nSPS) is 17.4. The molecule has 0 aromatic rings. The van der Waals surface area contributed by atoms with Gasteiger partial charge in [0.05, 0.1) is 6.54 Å². The van der Waals surface area contributed by atoms with Gasteiger partial charge >= 0.3 is 6.18 Å². The lowest BCUT2D eigenvalue weighted by molar-refractivity contribution is -0.142. The number of guanidine groups is 1. The number of rotatable bonds is 8. The third kappa shape index (κ3) is 8.97. The average Bonchev–Trinajstić information content (AvgIpc) is 2.35. The van der Waals surface area contributed by atoms with Crippen molar-refractivity contribution in [2.24, 2.45) is 10.4 Å². The molecule has 8 heteroatoms. The van der Waals surface area contributed by atoms with Crippen molar-refractivity contribution in [1.29, 1.82) is 0 Å². The van der Waals surface area contributed by atoms with Crippen LogP contribution in [0.1, 0.15) is 39.5 Å². The fourth-order valence-electron chi connectivity index (χ4n) is 2.64. The Hall–Kier alpha value is -0.250. The fourth-order valence-corrected chi connectivity index (χ4v) is 2.64. The van der Waals surface area contributed by atoms with Crippen molar-refractivity contribution in [1.82, 2.24) is 15.5 Å². The van der Waals surface area contributed by atoms with E-state index in [4.69, 9.17) is 0 Å². The number of likely N-dealkylation sites (N-methyl/N-ethyl adjacent to an activating group) is 1. The standard InChI is InChI=1S/C15H29F3N4.HI/c1-4-14(7-6-8-14)11-21-13(19-5-2)20-9-10-22(3)12-15(16,17)18;/h4-12H2,1-3H3,(H2,19,20,21);1H. The van der Waals surface area contributed by atoms with Crippen molar-refractivity contribution in [3.8, 4) is 0 Å². The maximum Gasteiger partial charge on any atom is 0.401 e. The number of hydrogen-bond donors (Lipinski definition) is 2. The maximum absolute atomic E-state index is 12.3. The van der Waals surface area contributed by atoms with E-state index in [-0.39, 0.29) is 24.0 Å². The highest BCUT2D eigenvalue weighted by molar-refractivity contribution is 14.0. The number of alkyl halides is 3. The van der Waals surface area contributed by atoms with E-state index in [9.17, 15) is 13.2 Å². The molecule has 4 nitrogen and oxygen atoms in total. The lowest BCUT2D eigenvalue weighted by atomic mass is 9.67. The molecule has 0 saturated heterocycles. The molecule has 0 aromatic heterocycles. The van der Waals surface area contributed by atoms with Gasteiger partial charge in [-0.3, -0.25) is 9.89 Å². The predicted octanol–water partition coefficient (Wildman–Crippen LogP) is 3.23. The molecular weight excluding hydrogens is 420 g/mol. The third-order valence-electron chi connectivity index (χ3n) is 4.32. The minimum absolute atomic E-state index is 0. The molecule has 0 unspecified atom stereocenters. The Balaban J connectivity index is 0.00000484. The first-order valence-corrected chi connectivity index (χ1v) is 8.08. The van der Waals surface area contributed by atoms with Crippen molar-refractivity contribution in [3.05, 3.63) is 0 Å². The molecule has 0 bridgehead atoms. The lowest BCUT2D eigenvalue weighted by Crippen LogP contribution is -2.43. The van der Waals surface area contributed by atoms with Crippen LogP contribution >= 0.6 is 24.0 Å². The van der Waals surface area contributed by atoms with Crippen molar-refractivity contribution in [2.75, 3.05) is 39.8 Å². The molecule has 23 heavy (non-hydrogen) atoms. The Bertz CT molecular complexity index is 352. The Labute approximate surface area is 154 Å². The molecule has 0 atom stereocenters. The summed E-state index contributed by atoms with van der Waals surface area (Å²) in [6.45, 7) is 5.58. The summed E-state index contributed by atoms with van der Waals surface area (Å²) in [5, 5.41) is 6.26. The van der Waals surface area contributed by atoms with E-state index in [1.54, 1.807) is 0 Å². The third-order valence-corrected chi connectivity index (χ3v) is 4.32. The minimum Gasteiger partial charge on any atom is -0.357 e. The summed E-state index contributed by atoms with van der Waals surface area (Å²) in [6.07, 6.45) is 0.701. The van der Waals surface area contributed by atoms with Gasteiger partial charge in [-0.15, -0.1) is 24.0 Å². The van der Waals surface area contributed by atoms with Gasteiger partial charge in [0, 0.05) is 26.2 Å². The highest BCUT2D eigenvalue weighted by atomic mass is 127. The monoisotopic (exact) mass is 450 g/mol. The van der Waals surface area contributed by atoms with Crippen LogP contribution in [0, 0.1) is 5.41 Å². The number of nitrogens with one attached hydrogen (secondary N) is 2. The van der Waals surface area contributed by atoms with E-state index in [0.717, 1.165) is 19.5 Å². The Morgan fingerprint density at radius 3 is 2.30 bits per heavy atom. The zero-order chi connectivity index (χ0) is 16.6. The van der Waals surface area contributed by atoms with Gasteiger partial charge in [-0.1, -0.05) is 13.3 Å². The van der Waals surface area contributed by atoms with Gasteiger partial charge in [0.15, 0.2) is 5.96 Å². The molecular formula is C15H30F3IN4. The summed E-state index contributed by atoms with van der Waals surface area (Å²) in [7, 11) is 1.47. The number of aliphatic imine (C=N–C) groups is 1. The van der Waals surface area contributed by atoms with Crippen molar-refractivity contribution >= 4 is 29.9 Å². The molecule has 0 amide bonds. The smallest absolute Gasteiger partial charge is 0.357 e. The molecule has 1 saturated carbocycles. The largest absolute Gasteiger partial charge is 0.401 e. The summed E-state index contributed by atoms with van der Waals surface area (Å²) in [5.41, 5.74) is 0.343. The van der Waals surface area contributed by atoms with Gasteiger partial charge in [0.25, 0.3) is 0 Å². The van der Waals surface area contributed by atoms with Crippen LogP contribution in [0.4, 0.5) is 13.2 Å². The van der Waals surface area contributed by atoms with Crippen molar-refractivity contribution in [2.45, 2.75) is 45.7 Å². The molecule has 0 heterocycles. The van der Waals surface area contributed by atoms with Crippen molar-refractivity contribution < 1.29 is 13.2 Å². The quantitative estimate of drug-likeness (QED) is 0.339. The highest BCUT2D eigenvalue weighted by Gasteiger charge is 2.34. The summed E-state index contributed by atoms with van der Waals surface area (Å²) >= 11 is 0. The topological polar surface area (TPSA) is 39.7 Å². The second-order valence-corrected chi connectivity index (χ2v) is 6.18. The van der Waals surface area contributed by atoms with Crippen LogP contribution in [0.3, 0.4) is 0 Å². The first kappa shape index (κ1) is 22.8. The van der Waals surface area contributed by atoms with Gasteiger partial charge in [0.2, 0.25) is 0 Å². The van der Waals surface area contributed by atoms with E-state index < -0.39 is 12.7 Å². The van der Waals surface area contributed by atoms with Crippen LogP contribution in [0.25, 0.3) is 0 Å². The van der Waals surface area contributed by atoms with Crippen LogP contribution in [0.5, 0.6) is 0 Å². The molecule has 2 N–H and O–H groups in total. The fraction of sp³-hybridized carbons (Fsp3) is 0.933. The molecule has 0 spiro atoms. The molecule has 138 valence electrons. The molecule has 1 fully saturated rings. The Morgan fingerprint density at radius 1 is 1.22 bits per heavy atom. The summed E-state index contributed by atoms with van der Waals surface area (Å²) in [6, 6.07) is 0. The van der Waals surface area contributed by atoms with Crippen LogP contribution in [0.15, 0.2) is 4.99 Å². The van der Waals surface area contributed by atoms with Gasteiger partial charge in [0.1, 0.15) is 0 Å². The average molecular weight is 450 g/mol. The van der Waals surface area contributed by atoms with E-state index in [0.29, 0.717) is 24.5 Å². The molecule has 1 rings (SSSR count). The maximum atomic E-state index is 12.3. The van der Waals surface area contributed by atoms with Gasteiger partial charge in [-0.2, -0.15) is 13.2 Å². The second kappa shape index (κ2) is 10.6. The van der Waals surface area contributed by atoms with E-state index in [1.165, 1.54) is 31.2 Å². The highest BCUT2D eigenvalue weighted by Crippen LogP contribution is 2.43. The van der Waals surface area contributed by atoms with Crippen LogP contribution in [0.2, 0.25) is 0 Å². The molecule has 0 radical (unpaired) electrons. The van der Waals surface area contributed by atoms with E-state index in [2.05, 4.69) is 22.5 Å². The summed E-state index contributed by atoms with van der Waals surface area (Å²) in [4.78, 5) is 5.86. The van der Waals surface area contributed by atoms with E-state index >= 15 is 0 Å². The van der Waals surface area contributed by atoms with Crippen molar-refractivity contribution in [3.63, 3.8) is 0 Å². The zero-order valence-corrected chi connectivity index (χ0v) is 16.6. The summed E-state index contributed by atoms with van der Waals surface area (Å²) < 4.78 is 36.8. The first-order valence-electron chi connectivity index (χ1n) is 8.08. The molecule has 1 aliphatic rings. The molecule has 1 aliphatic carbocycles. The Kier molecular flexibility index (Phi) is 10.5. The van der Waals surface area contributed by atoms with Gasteiger partial charge in [-0.05, 0) is 38.6 Å². The van der Waals surface area contributed by atoms with E-state index in [1.807, 2.05) is 6.92 Å². The first-order chi connectivity index (χ1) is 10.3. The lowest BCUT2D eigenvalue weighted by Gasteiger charge is -2.40. The summed E-state index contributed by atoms with van der Waals surface area (Å²) in [5.74, 6) is 0.697. The molecule has 0 aliphatic heterocycles. The zero-order valence-electron chi connectivity index (χ0n) is 14.3. The van der Waals surface area contributed by atoms with Crippen LogP contribution < -0.4 is 10.6 Å². The van der Waals surface area contributed by atoms with Gasteiger partial charge in [-0.25, -0.2) is 0 Å². The second-order valence-electron chi connectivity index (χ2n) is 6.18. The van der Waals surface area contributed by atoms with Crippen LogP contribution in [-0.4, -0.2) is 56.8 Å². The SMILES string of the molecule is CCNC(=NCC1(CC)CCC1)NCCN(C)CC(F)(F)F.I. The van der Waals surface area contributed by atoms with Gasteiger partial charge < -0.3 is 10.6 Å². The Morgan fingerprint density at radius 2 is 1.87 bits per heavy atom. The predicted molar refractivity (Wildman–Crippen MR) is 99.5 cm³/mol. The van der Waals surface area contributed by atoms with Crippen LogP contribution in [-0.2, 0) is 0 Å². The number of hydrogen-bond acceptors (Lipinski definition) is 2.